The number of rotatable bonds is 4. The van der Waals surface area contributed by atoms with Gasteiger partial charge in [0, 0.05) is 16.0 Å². The summed E-state index contributed by atoms with van der Waals surface area (Å²) in [7, 11) is 0. The summed E-state index contributed by atoms with van der Waals surface area (Å²) in [5.41, 5.74) is 7.31. The van der Waals surface area contributed by atoms with Crippen LogP contribution in [-0.4, -0.2) is 4.57 Å². The second-order valence-electron chi connectivity index (χ2n) is 4.59. The molecule has 0 aliphatic carbocycles. The van der Waals surface area contributed by atoms with Gasteiger partial charge in [-0.1, -0.05) is 30.3 Å². The van der Waals surface area contributed by atoms with Crippen LogP contribution < -0.4 is 5.73 Å². The number of halogens is 1. The minimum absolute atomic E-state index is 0.233. The average Bonchev–Trinajstić information content (AvgIpc) is 2.77. The molecule has 0 aliphatic rings. The molecule has 2 aromatic rings. The van der Waals surface area contributed by atoms with Gasteiger partial charge in [0.25, 0.3) is 0 Å². The van der Waals surface area contributed by atoms with E-state index in [0.717, 1.165) is 16.3 Å². The van der Waals surface area contributed by atoms with E-state index in [9.17, 15) is 5.26 Å². The second-order valence-corrected chi connectivity index (χ2v) is 6.08. The molecule has 1 heterocycles. The highest BCUT2D eigenvalue weighted by atomic mass is 35.5. The van der Waals surface area contributed by atoms with E-state index < -0.39 is 0 Å². The van der Waals surface area contributed by atoms with E-state index in [1.807, 2.05) is 28.8 Å². The van der Waals surface area contributed by atoms with Crippen LogP contribution in [0.4, 0.5) is 5.69 Å². The number of benzene rings is 1. The fraction of sp³-hybridized carbons (Fsp3) is 0.267. The standard InChI is InChI=1S/C15H16ClN3S/c1-3-10(2)19-12(9-17)8-14(18)15(19)20-13-6-4-11(16)5-7-13/h4-8,10H,3,18H2,1-2H3/t10-/m1/s1. The van der Waals surface area contributed by atoms with E-state index in [0.29, 0.717) is 16.4 Å². The summed E-state index contributed by atoms with van der Waals surface area (Å²) in [4.78, 5) is 1.05. The van der Waals surface area contributed by atoms with Crippen molar-refractivity contribution in [3.8, 4) is 6.07 Å². The van der Waals surface area contributed by atoms with Gasteiger partial charge < -0.3 is 10.3 Å². The fourth-order valence-electron chi connectivity index (χ4n) is 1.96. The first-order valence-corrected chi connectivity index (χ1v) is 7.60. The Morgan fingerprint density at radius 1 is 1.40 bits per heavy atom. The summed E-state index contributed by atoms with van der Waals surface area (Å²) in [6.45, 7) is 4.19. The molecular formula is C15H16ClN3S. The zero-order chi connectivity index (χ0) is 14.7. The zero-order valence-electron chi connectivity index (χ0n) is 11.4. The number of hydrogen-bond donors (Lipinski definition) is 1. The molecule has 0 aliphatic heterocycles. The summed E-state index contributed by atoms with van der Waals surface area (Å²) in [5, 5.41) is 10.9. The van der Waals surface area contributed by atoms with Crippen molar-refractivity contribution in [2.45, 2.75) is 36.2 Å². The smallest absolute Gasteiger partial charge is 0.123 e. The third-order valence-corrected chi connectivity index (χ3v) is 4.58. The fourth-order valence-corrected chi connectivity index (χ4v) is 3.13. The van der Waals surface area contributed by atoms with Crippen LogP contribution in [0.3, 0.4) is 0 Å². The first kappa shape index (κ1) is 14.8. The van der Waals surface area contributed by atoms with Crippen LogP contribution >= 0.6 is 23.4 Å². The predicted molar refractivity (Wildman–Crippen MR) is 84.1 cm³/mol. The summed E-state index contributed by atoms with van der Waals surface area (Å²) in [5.74, 6) is 0. The van der Waals surface area contributed by atoms with Gasteiger partial charge in [-0.15, -0.1) is 0 Å². The first-order valence-electron chi connectivity index (χ1n) is 6.41. The minimum atomic E-state index is 0.233. The van der Waals surface area contributed by atoms with E-state index in [4.69, 9.17) is 17.3 Å². The molecule has 1 aromatic heterocycles. The molecule has 1 aromatic carbocycles. The quantitative estimate of drug-likeness (QED) is 0.889. The van der Waals surface area contributed by atoms with Gasteiger partial charge in [-0.25, -0.2) is 0 Å². The van der Waals surface area contributed by atoms with Crippen molar-refractivity contribution in [2.75, 3.05) is 5.73 Å². The Bertz CT molecular complexity index is 640. The zero-order valence-corrected chi connectivity index (χ0v) is 13.0. The monoisotopic (exact) mass is 305 g/mol. The Hall–Kier alpha value is -1.57. The van der Waals surface area contributed by atoms with E-state index in [-0.39, 0.29) is 6.04 Å². The number of nitrogen functional groups attached to an aromatic ring is 1. The highest BCUT2D eigenvalue weighted by Gasteiger charge is 2.17. The third-order valence-electron chi connectivity index (χ3n) is 3.19. The molecule has 20 heavy (non-hydrogen) atoms. The maximum atomic E-state index is 9.25. The molecule has 5 heteroatoms. The normalized spacial score (nSPS) is 12.1. The Balaban J connectivity index is 2.43. The van der Waals surface area contributed by atoms with Gasteiger partial charge in [0.05, 0.1) is 5.69 Å². The van der Waals surface area contributed by atoms with Crippen molar-refractivity contribution >= 4 is 29.1 Å². The molecule has 0 spiro atoms. The van der Waals surface area contributed by atoms with Crippen LogP contribution in [0.5, 0.6) is 0 Å². The molecule has 0 fully saturated rings. The number of nitrogens with zero attached hydrogens (tertiary/aromatic N) is 2. The Morgan fingerprint density at radius 2 is 2.05 bits per heavy atom. The van der Waals surface area contributed by atoms with Crippen LogP contribution in [0, 0.1) is 11.3 Å². The lowest BCUT2D eigenvalue weighted by molar-refractivity contribution is 0.497. The maximum Gasteiger partial charge on any atom is 0.123 e. The van der Waals surface area contributed by atoms with Crippen LogP contribution in [0.1, 0.15) is 32.0 Å². The lowest BCUT2D eigenvalue weighted by Gasteiger charge is -2.17. The van der Waals surface area contributed by atoms with Crippen LogP contribution in [0.25, 0.3) is 0 Å². The summed E-state index contributed by atoms with van der Waals surface area (Å²) in [6.07, 6.45) is 0.941. The largest absolute Gasteiger partial charge is 0.397 e. The number of hydrogen-bond acceptors (Lipinski definition) is 3. The van der Waals surface area contributed by atoms with Gasteiger partial charge in [-0.3, -0.25) is 0 Å². The van der Waals surface area contributed by atoms with Gasteiger partial charge in [0.2, 0.25) is 0 Å². The van der Waals surface area contributed by atoms with Crippen molar-refractivity contribution in [3.05, 3.63) is 41.0 Å². The van der Waals surface area contributed by atoms with Crippen molar-refractivity contribution in [1.82, 2.24) is 4.57 Å². The molecule has 0 amide bonds. The van der Waals surface area contributed by atoms with Crippen molar-refractivity contribution < 1.29 is 0 Å². The summed E-state index contributed by atoms with van der Waals surface area (Å²) in [6, 6.07) is 11.8. The lowest BCUT2D eigenvalue weighted by Crippen LogP contribution is -2.07. The molecule has 0 saturated heterocycles. The van der Waals surface area contributed by atoms with Crippen molar-refractivity contribution in [1.29, 1.82) is 5.26 Å². The molecule has 0 unspecified atom stereocenters. The predicted octanol–water partition coefficient (Wildman–Crippen LogP) is 4.72. The van der Waals surface area contributed by atoms with Gasteiger partial charge in [-0.05, 0) is 43.7 Å². The van der Waals surface area contributed by atoms with Crippen LogP contribution in [0.15, 0.2) is 40.3 Å². The number of nitriles is 1. The lowest BCUT2D eigenvalue weighted by atomic mass is 10.2. The summed E-state index contributed by atoms with van der Waals surface area (Å²) < 4.78 is 2.01. The molecule has 2 rings (SSSR count). The van der Waals surface area contributed by atoms with E-state index in [1.54, 1.807) is 17.8 Å². The van der Waals surface area contributed by atoms with Crippen molar-refractivity contribution in [2.24, 2.45) is 0 Å². The van der Waals surface area contributed by atoms with E-state index >= 15 is 0 Å². The average molecular weight is 306 g/mol. The van der Waals surface area contributed by atoms with E-state index in [1.165, 1.54) is 0 Å². The molecule has 0 saturated carbocycles. The molecule has 0 radical (unpaired) electrons. The van der Waals surface area contributed by atoms with Crippen LogP contribution in [0.2, 0.25) is 5.02 Å². The highest BCUT2D eigenvalue weighted by molar-refractivity contribution is 7.99. The molecule has 1 atom stereocenters. The summed E-state index contributed by atoms with van der Waals surface area (Å²) >= 11 is 7.45. The molecule has 3 nitrogen and oxygen atoms in total. The minimum Gasteiger partial charge on any atom is -0.397 e. The number of aromatic nitrogens is 1. The number of anilines is 1. The van der Waals surface area contributed by atoms with Gasteiger partial charge >= 0.3 is 0 Å². The maximum absolute atomic E-state index is 9.25. The third kappa shape index (κ3) is 2.95. The Morgan fingerprint density at radius 3 is 2.60 bits per heavy atom. The second kappa shape index (κ2) is 6.25. The Labute approximate surface area is 128 Å². The highest BCUT2D eigenvalue weighted by Crippen LogP contribution is 2.37. The van der Waals surface area contributed by atoms with Crippen molar-refractivity contribution in [3.63, 3.8) is 0 Å². The molecule has 0 bridgehead atoms. The first-order chi connectivity index (χ1) is 9.56. The molecular weight excluding hydrogens is 290 g/mol. The van der Waals surface area contributed by atoms with Gasteiger partial charge in [0.15, 0.2) is 0 Å². The molecule has 2 N–H and O–H groups in total. The molecule has 104 valence electrons. The number of nitrogens with two attached hydrogens (primary N) is 1. The van der Waals surface area contributed by atoms with Gasteiger partial charge in [-0.2, -0.15) is 5.26 Å². The van der Waals surface area contributed by atoms with Gasteiger partial charge in [0.1, 0.15) is 16.8 Å². The SMILES string of the molecule is CC[C@@H](C)n1c(C#N)cc(N)c1Sc1ccc(Cl)cc1. The van der Waals surface area contributed by atoms with E-state index in [2.05, 4.69) is 19.9 Å². The topological polar surface area (TPSA) is 54.7 Å². The Kier molecular flexibility index (Phi) is 4.64. The van der Waals surface area contributed by atoms with Crippen LogP contribution in [-0.2, 0) is 0 Å².